The van der Waals surface area contributed by atoms with Crippen molar-refractivity contribution in [3.05, 3.63) is 98.5 Å². The Bertz CT molecular complexity index is 1520. The van der Waals surface area contributed by atoms with Gasteiger partial charge in [-0.15, -0.1) is 0 Å². The van der Waals surface area contributed by atoms with E-state index in [1.54, 1.807) is 11.1 Å². The molecule has 1 atom stereocenters. The summed E-state index contributed by atoms with van der Waals surface area (Å²) >= 11 is 0. The molecule has 0 aliphatic carbocycles. The summed E-state index contributed by atoms with van der Waals surface area (Å²) in [5.41, 5.74) is 4.34. The Labute approximate surface area is 216 Å². The average Bonchev–Trinajstić information content (AvgIpc) is 3.18. The third kappa shape index (κ3) is 4.64. The molecule has 0 fully saturated rings. The van der Waals surface area contributed by atoms with E-state index in [1.165, 1.54) is 12.8 Å². The van der Waals surface area contributed by atoms with Crippen molar-refractivity contribution in [3.8, 4) is 5.75 Å². The zero-order chi connectivity index (χ0) is 26.1. The van der Waals surface area contributed by atoms with Gasteiger partial charge in [0.15, 0.2) is 5.43 Å². The number of amides is 1. The number of pyridine rings is 1. The molecule has 6 heteroatoms. The highest BCUT2D eigenvalue weighted by molar-refractivity contribution is 6.10. The van der Waals surface area contributed by atoms with Crippen LogP contribution in [0.1, 0.15) is 77.0 Å². The molecule has 0 spiro atoms. The van der Waals surface area contributed by atoms with Gasteiger partial charge in [0.2, 0.25) is 5.76 Å². The summed E-state index contributed by atoms with van der Waals surface area (Å²) in [6, 6.07) is 14.4. The highest BCUT2D eigenvalue weighted by Crippen LogP contribution is 2.41. The zero-order valence-electron chi connectivity index (χ0n) is 21.8. The fourth-order valence-corrected chi connectivity index (χ4v) is 4.90. The number of aryl methyl sites for hydroxylation is 3. The number of aromatic nitrogens is 1. The van der Waals surface area contributed by atoms with E-state index in [0.29, 0.717) is 29.0 Å². The van der Waals surface area contributed by atoms with Crippen LogP contribution in [0.2, 0.25) is 0 Å². The number of hydrogen-bond acceptors (Lipinski definition) is 5. The summed E-state index contributed by atoms with van der Waals surface area (Å²) in [7, 11) is 0. The molecular formula is C31H32N2O4. The van der Waals surface area contributed by atoms with E-state index < -0.39 is 6.04 Å². The van der Waals surface area contributed by atoms with Crippen LogP contribution in [0.3, 0.4) is 0 Å². The second kappa shape index (κ2) is 10.2. The number of unbranched alkanes of at least 4 members (excludes halogenated alkanes) is 3. The fourth-order valence-electron chi connectivity index (χ4n) is 4.90. The lowest BCUT2D eigenvalue weighted by Crippen LogP contribution is -2.30. The smallest absolute Gasteiger partial charge is 0.296 e. The molecule has 37 heavy (non-hydrogen) atoms. The third-order valence-electron chi connectivity index (χ3n) is 7.10. The summed E-state index contributed by atoms with van der Waals surface area (Å²) < 4.78 is 12.1. The Balaban J connectivity index is 1.59. The van der Waals surface area contributed by atoms with Crippen molar-refractivity contribution in [2.24, 2.45) is 0 Å². The minimum Gasteiger partial charge on any atom is -0.494 e. The van der Waals surface area contributed by atoms with Crippen LogP contribution in [0.4, 0.5) is 5.82 Å². The summed E-state index contributed by atoms with van der Waals surface area (Å²) in [6.45, 7) is 8.73. The largest absolute Gasteiger partial charge is 0.494 e. The van der Waals surface area contributed by atoms with Gasteiger partial charge in [-0.2, -0.15) is 0 Å². The van der Waals surface area contributed by atoms with Crippen LogP contribution < -0.4 is 15.1 Å². The standard InChI is InChI=1S/C31H32N2O4/c1-5-6-7-8-15-36-23-11-9-22(10-12-23)28-27-29(34)24-17-20(3)21(4)18-25(24)37-30(27)31(35)33(28)26-16-19(2)13-14-32-26/h9-14,16-18,28H,5-8,15H2,1-4H3. The van der Waals surface area contributed by atoms with Crippen LogP contribution in [0, 0.1) is 20.8 Å². The van der Waals surface area contributed by atoms with E-state index in [4.69, 9.17) is 9.15 Å². The summed E-state index contributed by atoms with van der Waals surface area (Å²) in [6.07, 6.45) is 6.23. The van der Waals surface area contributed by atoms with Crippen molar-refractivity contribution in [1.29, 1.82) is 0 Å². The lowest BCUT2D eigenvalue weighted by atomic mass is 9.97. The van der Waals surface area contributed by atoms with Crippen LogP contribution in [-0.2, 0) is 0 Å². The van der Waals surface area contributed by atoms with Crippen LogP contribution in [0.5, 0.6) is 5.75 Å². The highest BCUT2D eigenvalue weighted by atomic mass is 16.5. The molecule has 1 amide bonds. The van der Waals surface area contributed by atoms with E-state index in [9.17, 15) is 9.59 Å². The molecule has 0 radical (unpaired) electrons. The number of fused-ring (bicyclic) bond motifs is 2. The maximum Gasteiger partial charge on any atom is 0.296 e. The Morgan fingerprint density at radius 2 is 1.70 bits per heavy atom. The number of benzene rings is 2. The van der Waals surface area contributed by atoms with Crippen LogP contribution in [0.25, 0.3) is 11.0 Å². The number of nitrogens with zero attached hydrogens (tertiary/aromatic N) is 2. The molecule has 6 nitrogen and oxygen atoms in total. The monoisotopic (exact) mass is 496 g/mol. The van der Waals surface area contributed by atoms with Crippen LogP contribution >= 0.6 is 0 Å². The van der Waals surface area contributed by atoms with Gasteiger partial charge in [-0.3, -0.25) is 14.5 Å². The molecule has 0 bridgehead atoms. The first-order chi connectivity index (χ1) is 17.9. The number of carbonyl (C=O) groups excluding carboxylic acids is 1. The molecule has 3 heterocycles. The first kappa shape index (κ1) is 24.8. The van der Waals surface area contributed by atoms with Crippen molar-refractivity contribution in [1.82, 2.24) is 4.98 Å². The second-order valence-corrected chi connectivity index (χ2v) is 9.85. The predicted molar refractivity (Wildman–Crippen MR) is 146 cm³/mol. The van der Waals surface area contributed by atoms with Crippen molar-refractivity contribution in [2.75, 3.05) is 11.5 Å². The topological polar surface area (TPSA) is 72.6 Å². The number of carbonyl (C=O) groups is 1. The van der Waals surface area contributed by atoms with Gasteiger partial charge < -0.3 is 9.15 Å². The van der Waals surface area contributed by atoms with Gasteiger partial charge in [0.1, 0.15) is 17.2 Å². The molecule has 1 aliphatic rings. The molecule has 2 aromatic heterocycles. The Kier molecular flexibility index (Phi) is 6.83. The summed E-state index contributed by atoms with van der Waals surface area (Å²) in [5, 5.41) is 0.478. The van der Waals surface area contributed by atoms with Crippen LogP contribution in [-0.4, -0.2) is 17.5 Å². The lowest BCUT2D eigenvalue weighted by Gasteiger charge is -2.24. The SMILES string of the molecule is CCCCCCOc1ccc(C2c3c(oc4cc(C)c(C)cc4c3=O)C(=O)N2c2cc(C)ccn2)cc1. The van der Waals surface area contributed by atoms with Gasteiger partial charge in [0, 0.05) is 6.20 Å². The number of anilines is 1. The van der Waals surface area contributed by atoms with Gasteiger partial charge >= 0.3 is 0 Å². The average molecular weight is 497 g/mol. The summed E-state index contributed by atoms with van der Waals surface area (Å²) in [5.74, 6) is 0.951. The van der Waals surface area contributed by atoms with Gasteiger partial charge in [-0.25, -0.2) is 4.98 Å². The normalized spacial score (nSPS) is 14.9. The number of rotatable bonds is 8. The molecule has 2 aromatic carbocycles. The molecule has 5 rings (SSSR count). The van der Waals surface area contributed by atoms with E-state index in [0.717, 1.165) is 40.8 Å². The van der Waals surface area contributed by atoms with Gasteiger partial charge in [-0.05, 0) is 85.8 Å². The van der Waals surface area contributed by atoms with E-state index in [1.807, 2.05) is 69.3 Å². The molecule has 0 N–H and O–H groups in total. The predicted octanol–water partition coefficient (Wildman–Crippen LogP) is 6.82. The second-order valence-electron chi connectivity index (χ2n) is 9.85. The lowest BCUT2D eigenvalue weighted by molar-refractivity contribution is 0.0970. The maximum absolute atomic E-state index is 13.9. The van der Waals surface area contributed by atoms with Crippen molar-refractivity contribution in [3.63, 3.8) is 0 Å². The summed E-state index contributed by atoms with van der Waals surface area (Å²) in [4.78, 5) is 33.7. The van der Waals surface area contributed by atoms with Crippen LogP contribution in [0.15, 0.2) is 63.9 Å². The quantitative estimate of drug-likeness (QED) is 0.250. The Hall–Kier alpha value is -3.93. The van der Waals surface area contributed by atoms with Crippen molar-refractivity contribution >= 4 is 22.7 Å². The van der Waals surface area contributed by atoms with Gasteiger partial charge in [-0.1, -0.05) is 38.3 Å². The van der Waals surface area contributed by atoms with Crippen molar-refractivity contribution < 1.29 is 13.9 Å². The molecular weight excluding hydrogens is 464 g/mol. The fraction of sp³-hybridized carbons (Fsp3) is 0.323. The Morgan fingerprint density at radius 3 is 2.43 bits per heavy atom. The van der Waals surface area contributed by atoms with Gasteiger partial charge in [0.25, 0.3) is 5.91 Å². The number of ether oxygens (including phenoxy) is 1. The molecule has 4 aromatic rings. The van der Waals surface area contributed by atoms with E-state index >= 15 is 0 Å². The molecule has 1 aliphatic heterocycles. The minimum atomic E-state index is -0.655. The maximum atomic E-state index is 13.9. The third-order valence-corrected chi connectivity index (χ3v) is 7.10. The van der Waals surface area contributed by atoms with E-state index in [2.05, 4.69) is 11.9 Å². The first-order valence-electron chi connectivity index (χ1n) is 13.0. The van der Waals surface area contributed by atoms with Gasteiger partial charge in [0.05, 0.1) is 23.6 Å². The zero-order valence-corrected chi connectivity index (χ0v) is 21.8. The molecule has 1 unspecified atom stereocenters. The van der Waals surface area contributed by atoms with Crippen molar-refractivity contribution in [2.45, 2.75) is 59.4 Å². The number of hydrogen-bond donors (Lipinski definition) is 0. The Morgan fingerprint density at radius 1 is 0.946 bits per heavy atom. The molecule has 0 saturated heterocycles. The minimum absolute atomic E-state index is 0.0744. The van der Waals surface area contributed by atoms with E-state index in [-0.39, 0.29) is 17.1 Å². The molecule has 190 valence electrons. The first-order valence-corrected chi connectivity index (χ1v) is 13.0. The molecule has 0 saturated carbocycles. The highest BCUT2D eigenvalue weighted by Gasteiger charge is 2.44.